The second-order valence-electron chi connectivity index (χ2n) is 4.02. The van der Waals surface area contributed by atoms with Crippen LogP contribution in [0.3, 0.4) is 0 Å². The Hall–Kier alpha value is -1.13. The lowest BCUT2D eigenvalue weighted by atomic mass is 10.1. The molecule has 0 fully saturated rings. The Bertz CT molecular complexity index is 487. The number of hydrogen-bond donors (Lipinski definition) is 1. The summed E-state index contributed by atoms with van der Waals surface area (Å²) in [5.74, 6) is 2.12. The van der Waals surface area contributed by atoms with Gasteiger partial charge in [-0.2, -0.15) is 0 Å². The quantitative estimate of drug-likeness (QED) is 0.891. The molecule has 0 aromatic carbocycles. The van der Waals surface area contributed by atoms with E-state index >= 15 is 0 Å². The van der Waals surface area contributed by atoms with Crippen LogP contribution < -0.4 is 5.73 Å². The molecule has 0 saturated heterocycles. The fourth-order valence-electron chi connectivity index (χ4n) is 1.63. The zero-order valence-electron chi connectivity index (χ0n) is 9.78. The first kappa shape index (κ1) is 11.4. The van der Waals surface area contributed by atoms with Gasteiger partial charge in [0.25, 0.3) is 0 Å². The monoisotopic (exact) mass is 236 g/mol. The van der Waals surface area contributed by atoms with Crippen molar-refractivity contribution in [3.8, 4) is 10.8 Å². The number of nitrogens with zero attached hydrogens (tertiary/aromatic N) is 1. The molecule has 86 valence electrons. The van der Waals surface area contributed by atoms with E-state index in [-0.39, 0.29) is 0 Å². The zero-order chi connectivity index (χ0) is 11.7. The van der Waals surface area contributed by atoms with E-state index in [0.29, 0.717) is 12.5 Å². The molecular weight excluding hydrogens is 220 g/mol. The molecule has 0 bridgehead atoms. The predicted octanol–water partition coefficient (Wildman–Crippen LogP) is 3.08. The molecule has 0 aliphatic heterocycles. The van der Waals surface area contributed by atoms with Gasteiger partial charge in [-0.05, 0) is 32.5 Å². The number of thiazole rings is 1. The Morgan fingerprint density at radius 3 is 2.75 bits per heavy atom. The van der Waals surface area contributed by atoms with Gasteiger partial charge in [0.1, 0.15) is 5.76 Å². The molecule has 2 heterocycles. The van der Waals surface area contributed by atoms with Gasteiger partial charge in [-0.3, -0.25) is 0 Å². The summed E-state index contributed by atoms with van der Waals surface area (Å²) in [6, 6.07) is 3.92. The van der Waals surface area contributed by atoms with Crippen LogP contribution in [-0.2, 0) is 0 Å². The highest BCUT2D eigenvalue weighted by molar-refractivity contribution is 7.15. The molecule has 0 amide bonds. The molecule has 2 aromatic heterocycles. The Labute approximate surface area is 99.3 Å². The van der Waals surface area contributed by atoms with Gasteiger partial charge in [-0.25, -0.2) is 4.98 Å². The van der Waals surface area contributed by atoms with Gasteiger partial charge in [0.05, 0.1) is 5.69 Å². The third-order valence-corrected chi connectivity index (χ3v) is 3.99. The van der Waals surface area contributed by atoms with Gasteiger partial charge in [0, 0.05) is 10.8 Å². The average molecular weight is 236 g/mol. The maximum Gasteiger partial charge on any atom is 0.162 e. The molecule has 3 nitrogen and oxygen atoms in total. The first-order chi connectivity index (χ1) is 7.61. The molecule has 0 spiro atoms. The highest BCUT2D eigenvalue weighted by Crippen LogP contribution is 2.32. The van der Waals surface area contributed by atoms with Crippen molar-refractivity contribution in [3.05, 3.63) is 28.5 Å². The standard InChI is InChI=1S/C12H16N2OS/c1-7(6-13)11-9(3)14-12(16-11)10-5-4-8(2)15-10/h4-5,7H,6,13H2,1-3H3. The Morgan fingerprint density at radius 1 is 1.44 bits per heavy atom. The van der Waals surface area contributed by atoms with Crippen molar-refractivity contribution >= 4 is 11.3 Å². The van der Waals surface area contributed by atoms with Gasteiger partial charge in [0.2, 0.25) is 0 Å². The van der Waals surface area contributed by atoms with Crippen molar-refractivity contribution in [2.75, 3.05) is 6.54 Å². The van der Waals surface area contributed by atoms with Gasteiger partial charge < -0.3 is 10.2 Å². The first-order valence-electron chi connectivity index (χ1n) is 5.36. The van der Waals surface area contributed by atoms with E-state index < -0.39 is 0 Å². The minimum atomic E-state index is 0.363. The van der Waals surface area contributed by atoms with Crippen LogP contribution in [0.15, 0.2) is 16.5 Å². The van der Waals surface area contributed by atoms with E-state index in [1.54, 1.807) is 11.3 Å². The SMILES string of the molecule is Cc1ccc(-c2nc(C)c(C(C)CN)s2)o1. The second-order valence-corrected chi connectivity index (χ2v) is 5.05. The summed E-state index contributed by atoms with van der Waals surface area (Å²) in [5, 5.41) is 0.945. The average Bonchev–Trinajstić information content (AvgIpc) is 2.83. The Kier molecular flexibility index (Phi) is 3.12. The molecule has 0 aliphatic carbocycles. The van der Waals surface area contributed by atoms with Gasteiger partial charge in [-0.1, -0.05) is 6.92 Å². The third-order valence-electron chi connectivity index (χ3n) is 2.58. The number of hydrogen-bond acceptors (Lipinski definition) is 4. The van der Waals surface area contributed by atoms with Crippen molar-refractivity contribution < 1.29 is 4.42 Å². The molecule has 0 saturated carbocycles. The third kappa shape index (κ3) is 2.03. The maximum absolute atomic E-state index is 5.68. The molecule has 16 heavy (non-hydrogen) atoms. The van der Waals surface area contributed by atoms with Crippen LogP contribution >= 0.6 is 11.3 Å². The fourth-order valence-corrected chi connectivity index (χ4v) is 2.72. The predicted molar refractivity (Wildman–Crippen MR) is 66.8 cm³/mol. The van der Waals surface area contributed by atoms with E-state index in [9.17, 15) is 0 Å². The number of nitrogens with two attached hydrogens (primary N) is 1. The summed E-state index contributed by atoms with van der Waals surface area (Å²) >= 11 is 1.67. The molecule has 1 atom stereocenters. The van der Waals surface area contributed by atoms with Gasteiger partial charge in [0.15, 0.2) is 10.8 Å². The Balaban J connectivity index is 2.37. The highest BCUT2D eigenvalue weighted by atomic mass is 32.1. The molecule has 1 unspecified atom stereocenters. The summed E-state index contributed by atoms with van der Waals surface area (Å²) in [4.78, 5) is 5.79. The number of rotatable bonds is 3. The summed E-state index contributed by atoms with van der Waals surface area (Å²) in [7, 11) is 0. The van der Waals surface area contributed by atoms with Gasteiger partial charge >= 0.3 is 0 Å². The number of aryl methyl sites for hydroxylation is 2. The van der Waals surface area contributed by atoms with E-state index in [4.69, 9.17) is 10.2 Å². The van der Waals surface area contributed by atoms with Crippen LogP contribution in [0.1, 0.15) is 29.2 Å². The van der Waals surface area contributed by atoms with Crippen LogP contribution in [0, 0.1) is 13.8 Å². The lowest BCUT2D eigenvalue weighted by Crippen LogP contribution is -2.08. The topological polar surface area (TPSA) is 52.0 Å². The smallest absolute Gasteiger partial charge is 0.162 e. The van der Waals surface area contributed by atoms with Crippen molar-refractivity contribution in [2.24, 2.45) is 5.73 Å². The van der Waals surface area contributed by atoms with Crippen LogP contribution in [-0.4, -0.2) is 11.5 Å². The highest BCUT2D eigenvalue weighted by Gasteiger charge is 2.15. The number of aromatic nitrogens is 1. The largest absolute Gasteiger partial charge is 0.459 e. The van der Waals surface area contributed by atoms with Crippen molar-refractivity contribution in [1.82, 2.24) is 4.98 Å². The van der Waals surface area contributed by atoms with Crippen molar-refractivity contribution in [3.63, 3.8) is 0 Å². The van der Waals surface area contributed by atoms with E-state index in [1.807, 2.05) is 26.0 Å². The summed E-state index contributed by atoms with van der Waals surface area (Å²) in [5.41, 5.74) is 6.74. The molecule has 2 aromatic rings. The second kappa shape index (κ2) is 4.39. The molecule has 0 aliphatic rings. The molecule has 0 radical (unpaired) electrons. The van der Waals surface area contributed by atoms with E-state index in [0.717, 1.165) is 22.2 Å². The van der Waals surface area contributed by atoms with Crippen LogP contribution in [0.25, 0.3) is 10.8 Å². The fraction of sp³-hybridized carbons (Fsp3) is 0.417. The lowest BCUT2D eigenvalue weighted by molar-refractivity contribution is 0.548. The normalized spacial score (nSPS) is 13.0. The molecule has 2 rings (SSSR count). The van der Waals surface area contributed by atoms with E-state index in [1.165, 1.54) is 4.88 Å². The summed E-state index contributed by atoms with van der Waals surface area (Å²) in [6.45, 7) is 6.74. The van der Waals surface area contributed by atoms with Crippen LogP contribution in [0.5, 0.6) is 0 Å². The number of furan rings is 1. The zero-order valence-corrected chi connectivity index (χ0v) is 10.6. The molecular formula is C12H16N2OS. The summed E-state index contributed by atoms with van der Waals surface area (Å²) in [6.07, 6.45) is 0. The molecule has 2 N–H and O–H groups in total. The van der Waals surface area contributed by atoms with Crippen molar-refractivity contribution in [2.45, 2.75) is 26.7 Å². The van der Waals surface area contributed by atoms with Gasteiger partial charge in [-0.15, -0.1) is 11.3 Å². The first-order valence-corrected chi connectivity index (χ1v) is 6.17. The van der Waals surface area contributed by atoms with Crippen LogP contribution in [0.4, 0.5) is 0 Å². The minimum absolute atomic E-state index is 0.363. The van der Waals surface area contributed by atoms with Crippen LogP contribution in [0.2, 0.25) is 0 Å². The van der Waals surface area contributed by atoms with Crippen molar-refractivity contribution in [1.29, 1.82) is 0 Å². The molecule has 4 heteroatoms. The lowest BCUT2D eigenvalue weighted by Gasteiger charge is -2.04. The summed E-state index contributed by atoms with van der Waals surface area (Å²) < 4.78 is 5.57. The maximum atomic E-state index is 5.68. The Morgan fingerprint density at radius 2 is 2.19 bits per heavy atom. The van der Waals surface area contributed by atoms with E-state index in [2.05, 4.69) is 11.9 Å². The minimum Gasteiger partial charge on any atom is -0.459 e.